The van der Waals surface area contributed by atoms with Crippen LogP contribution in [-0.4, -0.2) is 7.11 Å². The van der Waals surface area contributed by atoms with Gasteiger partial charge in [-0.25, -0.2) is 0 Å². The standard InChI is InChI=1S/C18H22O/c1-3-4-15-5-7-16(8-6-15)9-10-17-11-13-18(19-2)14-12-17/h5-8,11-14H,3-4,9-10H2,1-2H3. The lowest BCUT2D eigenvalue weighted by Gasteiger charge is -2.05. The molecule has 0 unspecified atom stereocenters. The summed E-state index contributed by atoms with van der Waals surface area (Å²) in [6.07, 6.45) is 4.57. The molecule has 0 aliphatic carbocycles. The fourth-order valence-electron chi connectivity index (χ4n) is 2.24. The summed E-state index contributed by atoms with van der Waals surface area (Å²) in [6.45, 7) is 2.22. The Kier molecular flexibility index (Phi) is 5.02. The van der Waals surface area contributed by atoms with E-state index in [0.717, 1.165) is 18.6 Å². The third-order valence-corrected chi connectivity index (χ3v) is 3.42. The van der Waals surface area contributed by atoms with E-state index in [1.54, 1.807) is 7.11 Å². The first-order valence-electron chi connectivity index (χ1n) is 7.02. The first-order chi connectivity index (χ1) is 9.31. The number of rotatable bonds is 6. The molecule has 0 fully saturated rings. The van der Waals surface area contributed by atoms with E-state index in [1.165, 1.54) is 29.5 Å². The molecule has 0 N–H and O–H groups in total. The van der Waals surface area contributed by atoms with Crippen LogP contribution in [0.25, 0.3) is 0 Å². The van der Waals surface area contributed by atoms with E-state index in [0.29, 0.717) is 0 Å². The van der Waals surface area contributed by atoms with Crippen molar-refractivity contribution in [1.82, 2.24) is 0 Å². The van der Waals surface area contributed by atoms with Crippen LogP contribution in [0.15, 0.2) is 48.5 Å². The van der Waals surface area contributed by atoms with Gasteiger partial charge in [-0.15, -0.1) is 0 Å². The largest absolute Gasteiger partial charge is 0.497 e. The maximum Gasteiger partial charge on any atom is 0.118 e. The van der Waals surface area contributed by atoms with Crippen molar-refractivity contribution in [2.75, 3.05) is 7.11 Å². The van der Waals surface area contributed by atoms with Gasteiger partial charge in [0.2, 0.25) is 0 Å². The Morgan fingerprint density at radius 2 is 1.11 bits per heavy atom. The van der Waals surface area contributed by atoms with Gasteiger partial charge in [0, 0.05) is 0 Å². The van der Waals surface area contributed by atoms with Gasteiger partial charge in [-0.1, -0.05) is 49.7 Å². The molecule has 0 amide bonds. The third kappa shape index (κ3) is 4.13. The normalized spacial score (nSPS) is 10.4. The molecule has 100 valence electrons. The second-order valence-corrected chi connectivity index (χ2v) is 4.91. The maximum atomic E-state index is 5.17. The fourth-order valence-corrected chi connectivity index (χ4v) is 2.24. The Bertz CT molecular complexity index is 482. The Hall–Kier alpha value is -1.76. The van der Waals surface area contributed by atoms with Crippen molar-refractivity contribution in [3.63, 3.8) is 0 Å². The minimum Gasteiger partial charge on any atom is -0.497 e. The average Bonchev–Trinajstić information content (AvgIpc) is 2.47. The summed E-state index contributed by atoms with van der Waals surface area (Å²) in [5.74, 6) is 0.924. The summed E-state index contributed by atoms with van der Waals surface area (Å²) in [7, 11) is 1.70. The van der Waals surface area contributed by atoms with Crippen molar-refractivity contribution in [2.45, 2.75) is 32.6 Å². The highest BCUT2D eigenvalue weighted by molar-refractivity contribution is 5.29. The van der Waals surface area contributed by atoms with E-state index >= 15 is 0 Å². The summed E-state index contributed by atoms with van der Waals surface area (Å²) >= 11 is 0. The van der Waals surface area contributed by atoms with Crippen LogP contribution in [0.2, 0.25) is 0 Å². The minimum atomic E-state index is 0.924. The van der Waals surface area contributed by atoms with E-state index in [9.17, 15) is 0 Å². The van der Waals surface area contributed by atoms with Gasteiger partial charge in [-0.2, -0.15) is 0 Å². The molecule has 2 rings (SSSR count). The minimum absolute atomic E-state index is 0.924. The summed E-state index contributed by atoms with van der Waals surface area (Å²) in [5, 5.41) is 0. The van der Waals surface area contributed by atoms with Crippen molar-refractivity contribution >= 4 is 0 Å². The van der Waals surface area contributed by atoms with Gasteiger partial charge in [-0.05, 0) is 48.1 Å². The Balaban J connectivity index is 1.90. The number of hydrogen-bond acceptors (Lipinski definition) is 1. The number of methoxy groups -OCH3 is 1. The number of benzene rings is 2. The molecule has 0 bridgehead atoms. The van der Waals surface area contributed by atoms with E-state index in [1.807, 2.05) is 12.1 Å². The SMILES string of the molecule is CCCc1ccc(CCc2ccc(OC)cc2)cc1. The lowest BCUT2D eigenvalue weighted by Crippen LogP contribution is -1.92. The van der Waals surface area contributed by atoms with Gasteiger partial charge in [0.15, 0.2) is 0 Å². The Morgan fingerprint density at radius 3 is 1.53 bits per heavy atom. The van der Waals surface area contributed by atoms with Crippen LogP contribution in [0.4, 0.5) is 0 Å². The third-order valence-electron chi connectivity index (χ3n) is 3.42. The van der Waals surface area contributed by atoms with E-state index < -0.39 is 0 Å². The van der Waals surface area contributed by atoms with Crippen LogP contribution >= 0.6 is 0 Å². The topological polar surface area (TPSA) is 9.23 Å². The zero-order valence-corrected chi connectivity index (χ0v) is 11.9. The molecule has 0 spiro atoms. The highest BCUT2D eigenvalue weighted by atomic mass is 16.5. The second kappa shape index (κ2) is 6.98. The molecule has 0 aliphatic heterocycles. The van der Waals surface area contributed by atoms with Gasteiger partial charge in [0.05, 0.1) is 7.11 Å². The van der Waals surface area contributed by atoms with Crippen LogP contribution in [-0.2, 0) is 19.3 Å². The molecule has 0 radical (unpaired) electrons. The molecule has 1 nitrogen and oxygen atoms in total. The van der Waals surface area contributed by atoms with Gasteiger partial charge < -0.3 is 4.74 Å². The summed E-state index contributed by atoms with van der Waals surface area (Å²) < 4.78 is 5.17. The highest BCUT2D eigenvalue weighted by Gasteiger charge is 1.98. The first kappa shape index (κ1) is 13.7. The molecular weight excluding hydrogens is 232 g/mol. The summed E-state index contributed by atoms with van der Waals surface area (Å²) in [6, 6.07) is 17.4. The first-order valence-corrected chi connectivity index (χ1v) is 7.02. The molecular formula is C18H22O. The van der Waals surface area contributed by atoms with Gasteiger partial charge in [-0.3, -0.25) is 0 Å². The van der Waals surface area contributed by atoms with Crippen LogP contribution in [0.1, 0.15) is 30.0 Å². The molecule has 2 aromatic rings. The molecule has 0 saturated heterocycles. The summed E-state index contributed by atoms with van der Waals surface area (Å²) in [4.78, 5) is 0. The Labute approximate surface area is 116 Å². The second-order valence-electron chi connectivity index (χ2n) is 4.91. The zero-order valence-electron chi connectivity index (χ0n) is 11.9. The molecule has 0 aromatic heterocycles. The molecule has 0 saturated carbocycles. The predicted molar refractivity (Wildman–Crippen MR) is 80.8 cm³/mol. The lowest BCUT2D eigenvalue weighted by molar-refractivity contribution is 0.414. The molecule has 19 heavy (non-hydrogen) atoms. The smallest absolute Gasteiger partial charge is 0.118 e. The van der Waals surface area contributed by atoms with E-state index in [4.69, 9.17) is 4.74 Å². The maximum absolute atomic E-state index is 5.17. The van der Waals surface area contributed by atoms with E-state index in [2.05, 4.69) is 43.3 Å². The predicted octanol–water partition coefficient (Wildman–Crippen LogP) is 4.43. The molecule has 0 heterocycles. The lowest BCUT2D eigenvalue weighted by atomic mass is 10.0. The Morgan fingerprint density at radius 1 is 0.684 bits per heavy atom. The zero-order chi connectivity index (χ0) is 13.5. The van der Waals surface area contributed by atoms with Crippen LogP contribution in [0.5, 0.6) is 5.75 Å². The number of hydrogen-bond donors (Lipinski definition) is 0. The van der Waals surface area contributed by atoms with Crippen LogP contribution < -0.4 is 4.74 Å². The van der Waals surface area contributed by atoms with Crippen molar-refractivity contribution in [1.29, 1.82) is 0 Å². The fraction of sp³-hybridized carbons (Fsp3) is 0.333. The van der Waals surface area contributed by atoms with E-state index in [-0.39, 0.29) is 0 Å². The van der Waals surface area contributed by atoms with Crippen LogP contribution in [0.3, 0.4) is 0 Å². The highest BCUT2D eigenvalue weighted by Crippen LogP contribution is 2.14. The van der Waals surface area contributed by atoms with Gasteiger partial charge in [0.25, 0.3) is 0 Å². The number of ether oxygens (including phenoxy) is 1. The average molecular weight is 254 g/mol. The molecule has 0 atom stereocenters. The van der Waals surface area contributed by atoms with Crippen LogP contribution in [0, 0.1) is 0 Å². The monoisotopic (exact) mass is 254 g/mol. The summed E-state index contributed by atoms with van der Waals surface area (Å²) in [5.41, 5.74) is 4.21. The van der Waals surface area contributed by atoms with Crippen molar-refractivity contribution in [3.05, 3.63) is 65.2 Å². The quantitative estimate of drug-likeness (QED) is 0.741. The van der Waals surface area contributed by atoms with Gasteiger partial charge >= 0.3 is 0 Å². The van der Waals surface area contributed by atoms with Crippen molar-refractivity contribution < 1.29 is 4.74 Å². The number of aryl methyl sites for hydroxylation is 3. The molecule has 1 heteroatoms. The molecule has 0 aliphatic rings. The van der Waals surface area contributed by atoms with Crippen molar-refractivity contribution in [2.24, 2.45) is 0 Å². The molecule has 2 aromatic carbocycles. The van der Waals surface area contributed by atoms with Gasteiger partial charge in [0.1, 0.15) is 5.75 Å². The van der Waals surface area contributed by atoms with Crippen molar-refractivity contribution in [3.8, 4) is 5.75 Å².